The molecular formula is C15H22N4S. The molecule has 0 aromatic carbocycles. The summed E-state index contributed by atoms with van der Waals surface area (Å²) in [5.74, 6) is 0.798. The third-order valence-electron chi connectivity index (χ3n) is 4.39. The van der Waals surface area contributed by atoms with Crippen molar-refractivity contribution in [2.45, 2.75) is 45.1 Å². The summed E-state index contributed by atoms with van der Waals surface area (Å²) in [5, 5.41) is 7.59. The fourth-order valence-electron chi connectivity index (χ4n) is 2.97. The normalized spacial score (nSPS) is 26.9. The molecule has 4 nitrogen and oxygen atoms in total. The van der Waals surface area contributed by atoms with Crippen LogP contribution in [0.25, 0.3) is 11.3 Å². The highest BCUT2D eigenvalue weighted by atomic mass is 32.1. The van der Waals surface area contributed by atoms with Gasteiger partial charge in [-0.2, -0.15) is 5.10 Å². The lowest BCUT2D eigenvalue weighted by Gasteiger charge is -2.34. The first-order valence-corrected chi connectivity index (χ1v) is 8.11. The van der Waals surface area contributed by atoms with Gasteiger partial charge < -0.3 is 5.73 Å². The molecule has 108 valence electrons. The van der Waals surface area contributed by atoms with Gasteiger partial charge in [-0.05, 0) is 38.5 Å². The monoisotopic (exact) mass is 290 g/mol. The largest absolute Gasteiger partial charge is 0.319 e. The van der Waals surface area contributed by atoms with Crippen molar-refractivity contribution in [3.8, 4) is 11.3 Å². The Morgan fingerprint density at radius 2 is 2.10 bits per heavy atom. The average molecular weight is 290 g/mol. The maximum Gasteiger partial charge on any atom is 0.113 e. The van der Waals surface area contributed by atoms with E-state index in [2.05, 4.69) is 17.4 Å². The highest BCUT2D eigenvalue weighted by Gasteiger charge is 2.34. The molecule has 1 aliphatic rings. The van der Waals surface area contributed by atoms with Crippen LogP contribution in [-0.2, 0) is 12.6 Å². The lowest BCUT2D eigenvalue weighted by atomic mass is 9.78. The van der Waals surface area contributed by atoms with Crippen LogP contribution in [0.4, 0.5) is 0 Å². The molecule has 2 aromatic rings. The minimum absolute atomic E-state index is 0.217. The molecular weight excluding hydrogens is 268 g/mol. The molecule has 2 heterocycles. The van der Waals surface area contributed by atoms with Gasteiger partial charge in [-0.3, -0.25) is 4.68 Å². The lowest BCUT2D eigenvalue weighted by molar-refractivity contribution is 0.247. The van der Waals surface area contributed by atoms with Crippen molar-refractivity contribution in [1.29, 1.82) is 0 Å². The van der Waals surface area contributed by atoms with Gasteiger partial charge in [0.15, 0.2) is 0 Å². The van der Waals surface area contributed by atoms with E-state index in [9.17, 15) is 0 Å². The molecule has 20 heavy (non-hydrogen) atoms. The van der Waals surface area contributed by atoms with Crippen LogP contribution in [-0.4, -0.2) is 14.8 Å². The standard InChI is InChI=1S/C15H22N4S/c1-10-4-6-15(16,7-5-10)14-17-13(9-20-14)12-8-19(3)18-11(12)2/h8-10H,4-7,16H2,1-3H3. The van der Waals surface area contributed by atoms with Gasteiger partial charge in [0, 0.05) is 24.2 Å². The highest BCUT2D eigenvalue weighted by molar-refractivity contribution is 7.10. The molecule has 0 atom stereocenters. The zero-order valence-electron chi connectivity index (χ0n) is 12.4. The summed E-state index contributed by atoms with van der Waals surface area (Å²) < 4.78 is 1.84. The van der Waals surface area contributed by atoms with E-state index in [1.165, 1.54) is 12.8 Å². The molecule has 1 fully saturated rings. The summed E-state index contributed by atoms with van der Waals surface area (Å²) in [6.45, 7) is 4.33. The first kappa shape index (κ1) is 13.8. The number of rotatable bonds is 2. The molecule has 0 aliphatic heterocycles. The van der Waals surface area contributed by atoms with Crippen LogP contribution in [0.15, 0.2) is 11.6 Å². The molecule has 2 aromatic heterocycles. The third-order valence-corrected chi connectivity index (χ3v) is 5.45. The molecule has 3 rings (SSSR count). The summed E-state index contributed by atoms with van der Waals surface area (Å²) in [4.78, 5) is 4.82. The topological polar surface area (TPSA) is 56.7 Å². The minimum Gasteiger partial charge on any atom is -0.319 e. The molecule has 0 unspecified atom stereocenters. The van der Waals surface area contributed by atoms with Crippen molar-refractivity contribution in [3.05, 3.63) is 22.3 Å². The van der Waals surface area contributed by atoms with Crippen molar-refractivity contribution < 1.29 is 0 Å². The fraction of sp³-hybridized carbons (Fsp3) is 0.600. The van der Waals surface area contributed by atoms with Gasteiger partial charge in [-0.1, -0.05) is 6.92 Å². The van der Waals surface area contributed by atoms with Gasteiger partial charge in [-0.25, -0.2) is 4.98 Å². The predicted octanol–water partition coefficient (Wildman–Crippen LogP) is 3.22. The van der Waals surface area contributed by atoms with Crippen molar-refractivity contribution in [3.63, 3.8) is 0 Å². The van der Waals surface area contributed by atoms with Crippen LogP contribution in [0.5, 0.6) is 0 Å². The Morgan fingerprint density at radius 3 is 2.70 bits per heavy atom. The fourth-order valence-corrected chi connectivity index (χ4v) is 3.96. The number of hydrogen-bond donors (Lipinski definition) is 1. The number of aryl methyl sites for hydroxylation is 2. The van der Waals surface area contributed by atoms with Crippen LogP contribution in [0, 0.1) is 12.8 Å². The summed E-state index contributed by atoms with van der Waals surface area (Å²) in [7, 11) is 1.94. The smallest absolute Gasteiger partial charge is 0.113 e. The van der Waals surface area contributed by atoms with Crippen molar-refractivity contribution in [2.24, 2.45) is 18.7 Å². The first-order chi connectivity index (χ1) is 9.48. The van der Waals surface area contributed by atoms with Crippen LogP contribution in [0.3, 0.4) is 0 Å². The van der Waals surface area contributed by atoms with Gasteiger partial charge in [0.1, 0.15) is 5.01 Å². The zero-order chi connectivity index (χ0) is 14.3. The van der Waals surface area contributed by atoms with E-state index in [4.69, 9.17) is 10.7 Å². The Balaban J connectivity index is 1.89. The molecule has 0 spiro atoms. The third kappa shape index (κ3) is 2.40. The van der Waals surface area contributed by atoms with E-state index in [0.717, 1.165) is 40.7 Å². The maximum atomic E-state index is 6.60. The molecule has 0 bridgehead atoms. The maximum absolute atomic E-state index is 6.60. The minimum atomic E-state index is -0.217. The van der Waals surface area contributed by atoms with Crippen LogP contribution < -0.4 is 5.73 Å². The van der Waals surface area contributed by atoms with Gasteiger partial charge in [0.25, 0.3) is 0 Å². The van der Waals surface area contributed by atoms with Crippen molar-refractivity contribution >= 4 is 11.3 Å². The number of nitrogens with zero attached hydrogens (tertiary/aromatic N) is 3. The van der Waals surface area contributed by atoms with Crippen LogP contribution >= 0.6 is 11.3 Å². The van der Waals surface area contributed by atoms with E-state index in [1.807, 2.05) is 24.9 Å². The van der Waals surface area contributed by atoms with Gasteiger partial charge in [0.05, 0.1) is 16.9 Å². The van der Waals surface area contributed by atoms with E-state index >= 15 is 0 Å². The van der Waals surface area contributed by atoms with Crippen molar-refractivity contribution in [1.82, 2.24) is 14.8 Å². The predicted molar refractivity (Wildman–Crippen MR) is 82.6 cm³/mol. The van der Waals surface area contributed by atoms with E-state index < -0.39 is 0 Å². The lowest BCUT2D eigenvalue weighted by Crippen LogP contribution is -2.40. The second kappa shape index (κ2) is 4.97. The summed E-state index contributed by atoms with van der Waals surface area (Å²) in [5.41, 5.74) is 9.54. The molecule has 1 saturated carbocycles. The Kier molecular flexibility index (Phi) is 3.42. The van der Waals surface area contributed by atoms with E-state index in [-0.39, 0.29) is 5.54 Å². The van der Waals surface area contributed by atoms with E-state index in [1.54, 1.807) is 11.3 Å². The molecule has 0 saturated heterocycles. The van der Waals surface area contributed by atoms with Gasteiger partial charge in [0.2, 0.25) is 0 Å². The van der Waals surface area contributed by atoms with Crippen LogP contribution in [0.2, 0.25) is 0 Å². The Bertz CT molecular complexity index is 605. The summed E-state index contributed by atoms with van der Waals surface area (Å²) in [6.07, 6.45) is 6.54. The van der Waals surface area contributed by atoms with Gasteiger partial charge >= 0.3 is 0 Å². The summed E-state index contributed by atoms with van der Waals surface area (Å²) in [6, 6.07) is 0. The van der Waals surface area contributed by atoms with E-state index in [0.29, 0.717) is 0 Å². The second-order valence-corrected chi connectivity index (χ2v) is 7.04. The molecule has 0 amide bonds. The number of aromatic nitrogens is 3. The zero-order valence-corrected chi connectivity index (χ0v) is 13.2. The average Bonchev–Trinajstić information content (AvgIpc) is 3.00. The quantitative estimate of drug-likeness (QED) is 0.924. The second-order valence-electron chi connectivity index (χ2n) is 6.18. The summed E-state index contributed by atoms with van der Waals surface area (Å²) >= 11 is 1.70. The molecule has 5 heteroatoms. The first-order valence-electron chi connectivity index (χ1n) is 7.23. The van der Waals surface area contributed by atoms with Gasteiger partial charge in [-0.15, -0.1) is 11.3 Å². The highest BCUT2D eigenvalue weighted by Crippen LogP contribution is 2.39. The Morgan fingerprint density at radius 1 is 1.40 bits per heavy atom. The SMILES string of the molecule is Cc1nn(C)cc1-c1csc(C2(N)CCC(C)CC2)n1. The number of thiazole rings is 1. The Hall–Kier alpha value is -1.20. The number of hydrogen-bond acceptors (Lipinski definition) is 4. The van der Waals surface area contributed by atoms with Crippen molar-refractivity contribution in [2.75, 3.05) is 0 Å². The number of nitrogens with two attached hydrogens (primary N) is 1. The molecule has 0 radical (unpaired) electrons. The molecule has 2 N–H and O–H groups in total. The molecule has 1 aliphatic carbocycles. The Labute approximate surface area is 124 Å². The van der Waals surface area contributed by atoms with Crippen LogP contribution in [0.1, 0.15) is 43.3 Å².